The van der Waals surface area contributed by atoms with Crippen LogP contribution in [0, 0.1) is 0 Å². The van der Waals surface area contributed by atoms with Gasteiger partial charge in [0.25, 0.3) is 0 Å². The smallest absolute Gasteiger partial charge is 0.222 e. The topological polar surface area (TPSA) is 77.0 Å². The van der Waals surface area contributed by atoms with E-state index in [1.54, 1.807) is 0 Å². The third kappa shape index (κ3) is 5.02. The van der Waals surface area contributed by atoms with Gasteiger partial charge in [-0.15, -0.1) is 0 Å². The quantitative estimate of drug-likeness (QED) is 0.731. The van der Waals surface area contributed by atoms with E-state index in [1.165, 1.54) is 0 Å². The average Bonchev–Trinajstić information content (AvgIpc) is 2.74. The zero-order valence-corrected chi connectivity index (χ0v) is 18.2. The van der Waals surface area contributed by atoms with E-state index in [0.717, 1.165) is 41.0 Å². The van der Waals surface area contributed by atoms with Crippen molar-refractivity contribution < 1.29 is 24.1 Å². The predicted molar refractivity (Wildman–Crippen MR) is 118 cm³/mol. The summed E-state index contributed by atoms with van der Waals surface area (Å²) in [4.78, 5) is 12.3. The highest BCUT2D eigenvalue weighted by Crippen LogP contribution is 2.45. The van der Waals surface area contributed by atoms with Gasteiger partial charge in [0.2, 0.25) is 5.91 Å². The normalized spacial score (nSPS) is 19.5. The van der Waals surface area contributed by atoms with Gasteiger partial charge in [-0.1, -0.05) is 18.2 Å². The molecule has 1 spiro atoms. The lowest BCUT2D eigenvalue weighted by Gasteiger charge is -2.44. The Morgan fingerprint density at radius 3 is 2.55 bits per heavy atom. The average molecular weight is 426 g/mol. The molecule has 1 fully saturated rings. The Kier molecular flexibility index (Phi) is 6.49. The molecule has 166 valence electrons. The fourth-order valence-electron chi connectivity index (χ4n) is 4.39. The van der Waals surface area contributed by atoms with Crippen molar-refractivity contribution in [3.8, 4) is 22.6 Å². The SMILES string of the molecule is CC(C)Oc1ccc(-c2ccc3c(c2)C(NC(=O)CCO)CC2(CCOCC2)O3)cc1. The summed E-state index contributed by atoms with van der Waals surface area (Å²) in [5.74, 6) is 1.50. The summed E-state index contributed by atoms with van der Waals surface area (Å²) in [5, 5.41) is 12.3. The van der Waals surface area contributed by atoms with E-state index < -0.39 is 0 Å². The Morgan fingerprint density at radius 2 is 1.87 bits per heavy atom. The van der Waals surface area contributed by atoms with E-state index in [1.807, 2.05) is 44.2 Å². The summed E-state index contributed by atoms with van der Waals surface area (Å²) in [5.41, 5.74) is 2.79. The van der Waals surface area contributed by atoms with Crippen LogP contribution in [0.25, 0.3) is 11.1 Å². The molecule has 2 aliphatic rings. The molecule has 1 amide bonds. The molecular formula is C25H31NO5. The fourth-order valence-corrected chi connectivity index (χ4v) is 4.39. The molecule has 6 heteroatoms. The highest BCUT2D eigenvalue weighted by Gasteiger charge is 2.42. The number of benzene rings is 2. The summed E-state index contributed by atoms with van der Waals surface area (Å²) >= 11 is 0. The number of rotatable bonds is 6. The number of amides is 1. The first-order chi connectivity index (χ1) is 15.0. The largest absolute Gasteiger partial charge is 0.491 e. The van der Waals surface area contributed by atoms with Crippen LogP contribution in [-0.2, 0) is 9.53 Å². The molecule has 2 aromatic carbocycles. The molecule has 31 heavy (non-hydrogen) atoms. The third-order valence-electron chi connectivity index (χ3n) is 5.93. The number of fused-ring (bicyclic) bond motifs is 1. The number of aliphatic hydroxyl groups excluding tert-OH is 1. The number of aliphatic hydroxyl groups is 1. The second-order valence-corrected chi connectivity index (χ2v) is 8.64. The summed E-state index contributed by atoms with van der Waals surface area (Å²) in [6, 6.07) is 14.0. The van der Waals surface area contributed by atoms with Crippen LogP contribution < -0.4 is 14.8 Å². The molecule has 2 aliphatic heterocycles. The summed E-state index contributed by atoms with van der Waals surface area (Å²) in [7, 11) is 0. The maximum absolute atomic E-state index is 12.3. The zero-order chi connectivity index (χ0) is 21.8. The third-order valence-corrected chi connectivity index (χ3v) is 5.93. The highest BCUT2D eigenvalue weighted by molar-refractivity contribution is 5.77. The van der Waals surface area contributed by atoms with Crippen molar-refractivity contribution >= 4 is 5.91 Å². The molecule has 2 aromatic rings. The number of ether oxygens (including phenoxy) is 3. The lowest BCUT2D eigenvalue weighted by atomic mass is 9.81. The molecule has 6 nitrogen and oxygen atoms in total. The van der Waals surface area contributed by atoms with E-state index in [0.29, 0.717) is 19.6 Å². The lowest BCUT2D eigenvalue weighted by molar-refractivity contribution is -0.123. The van der Waals surface area contributed by atoms with Crippen molar-refractivity contribution in [1.29, 1.82) is 0 Å². The number of hydrogen-bond donors (Lipinski definition) is 2. The van der Waals surface area contributed by atoms with Crippen molar-refractivity contribution in [1.82, 2.24) is 5.32 Å². The minimum Gasteiger partial charge on any atom is -0.491 e. The summed E-state index contributed by atoms with van der Waals surface area (Å²) in [6.45, 7) is 5.18. The van der Waals surface area contributed by atoms with Crippen LogP contribution in [-0.4, -0.2) is 42.5 Å². The van der Waals surface area contributed by atoms with Gasteiger partial charge in [0.15, 0.2) is 0 Å². The highest BCUT2D eigenvalue weighted by atomic mass is 16.5. The van der Waals surface area contributed by atoms with Crippen LogP contribution in [0.1, 0.15) is 51.1 Å². The molecule has 1 atom stereocenters. The molecule has 1 saturated heterocycles. The summed E-state index contributed by atoms with van der Waals surface area (Å²) < 4.78 is 17.8. The van der Waals surface area contributed by atoms with Gasteiger partial charge in [-0.3, -0.25) is 4.79 Å². The second kappa shape index (κ2) is 9.28. The van der Waals surface area contributed by atoms with Crippen LogP contribution in [0.15, 0.2) is 42.5 Å². The predicted octanol–water partition coefficient (Wildman–Crippen LogP) is 4.01. The van der Waals surface area contributed by atoms with Crippen molar-refractivity contribution in [2.75, 3.05) is 19.8 Å². The molecule has 0 radical (unpaired) electrons. The van der Waals surface area contributed by atoms with Gasteiger partial charge in [-0.25, -0.2) is 0 Å². The molecule has 0 aromatic heterocycles. The van der Waals surface area contributed by atoms with E-state index >= 15 is 0 Å². The van der Waals surface area contributed by atoms with E-state index in [9.17, 15) is 4.79 Å². The molecule has 2 N–H and O–H groups in total. The first-order valence-electron chi connectivity index (χ1n) is 11.1. The summed E-state index contributed by atoms with van der Waals surface area (Å²) in [6.07, 6.45) is 2.54. The van der Waals surface area contributed by atoms with Crippen LogP contribution in [0.3, 0.4) is 0 Å². The standard InChI is InChI=1S/C25H31NO5/c1-17(2)30-20-6-3-18(4-7-20)19-5-8-23-21(15-19)22(26-24(28)9-12-27)16-25(31-23)10-13-29-14-11-25/h3-8,15,17,22,27H,9-14,16H2,1-2H3,(H,26,28). The van der Waals surface area contributed by atoms with Crippen LogP contribution >= 0.6 is 0 Å². The van der Waals surface area contributed by atoms with Crippen molar-refractivity contribution in [3.63, 3.8) is 0 Å². The van der Waals surface area contributed by atoms with Crippen LogP contribution in [0.2, 0.25) is 0 Å². The number of carbonyl (C=O) groups excluding carboxylic acids is 1. The van der Waals surface area contributed by atoms with Gasteiger partial charge < -0.3 is 24.6 Å². The molecule has 0 saturated carbocycles. The Morgan fingerprint density at radius 1 is 1.16 bits per heavy atom. The molecule has 2 heterocycles. The minimum atomic E-state index is -0.320. The Labute approximate surface area is 183 Å². The Bertz CT molecular complexity index is 903. The van der Waals surface area contributed by atoms with Gasteiger partial charge >= 0.3 is 0 Å². The Hall–Kier alpha value is -2.57. The molecule has 0 aliphatic carbocycles. The van der Waals surface area contributed by atoms with Gasteiger partial charge in [0.05, 0.1) is 32.0 Å². The van der Waals surface area contributed by atoms with Crippen molar-refractivity contribution in [2.24, 2.45) is 0 Å². The van der Waals surface area contributed by atoms with Gasteiger partial charge in [-0.05, 0) is 49.2 Å². The monoisotopic (exact) mass is 425 g/mol. The second-order valence-electron chi connectivity index (χ2n) is 8.64. The number of carbonyl (C=O) groups is 1. The van der Waals surface area contributed by atoms with Gasteiger partial charge in [0.1, 0.15) is 17.1 Å². The zero-order valence-electron chi connectivity index (χ0n) is 18.2. The van der Waals surface area contributed by atoms with Gasteiger partial charge in [0, 0.05) is 31.2 Å². The van der Waals surface area contributed by atoms with E-state index in [-0.39, 0.29) is 36.7 Å². The van der Waals surface area contributed by atoms with Crippen molar-refractivity contribution in [2.45, 2.75) is 57.3 Å². The van der Waals surface area contributed by atoms with Crippen LogP contribution in [0.5, 0.6) is 11.5 Å². The maximum Gasteiger partial charge on any atom is 0.222 e. The van der Waals surface area contributed by atoms with Crippen LogP contribution in [0.4, 0.5) is 0 Å². The van der Waals surface area contributed by atoms with Gasteiger partial charge in [-0.2, -0.15) is 0 Å². The molecular weight excluding hydrogens is 394 g/mol. The molecule has 4 rings (SSSR count). The first kappa shape index (κ1) is 21.7. The molecule has 0 bridgehead atoms. The lowest BCUT2D eigenvalue weighted by Crippen LogP contribution is -2.48. The first-order valence-corrected chi connectivity index (χ1v) is 11.1. The number of hydrogen-bond acceptors (Lipinski definition) is 5. The minimum absolute atomic E-state index is 0.0970. The maximum atomic E-state index is 12.3. The Balaban J connectivity index is 1.63. The van der Waals surface area contributed by atoms with E-state index in [2.05, 4.69) is 17.4 Å². The molecule has 1 unspecified atom stereocenters. The van der Waals surface area contributed by atoms with E-state index in [4.69, 9.17) is 19.3 Å². The fraction of sp³-hybridized carbons (Fsp3) is 0.480. The number of nitrogens with one attached hydrogen (secondary N) is 1. The van der Waals surface area contributed by atoms with Crippen molar-refractivity contribution in [3.05, 3.63) is 48.0 Å².